The van der Waals surface area contributed by atoms with Crippen LogP contribution in [0.2, 0.25) is 0 Å². The Labute approximate surface area is 58.9 Å². The molecule has 0 aliphatic heterocycles. The predicted octanol–water partition coefficient (Wildman–Crippen LogP) is 0.297. The maximum Gasteiger partial charge on any atom is 0.235 e. The molecule has 1 aliphatic carbocycles. The fourth-order valence-electron chi connectivity index (χ4n) is 0.765. The summed E-state index contributed by atoms with van der Waals surface area (Å²) in [4.78, 5) is 10.2. The van der Waals surface area contributed by atoms with Crippen LogP contribution in [0, 0.1) is 0 Å². The van der Waals surface area contributed by atoms with Gasteiger partial charge in [-0.2, -0.15) is 5.10 Å². The van der Waals surface area contributed by atoms with Crippen LogP contribution in [-0.2, 0) is 4.79 Å². The Hall–Kier alpha value is -1.38. The molecule has 1 rings (SSSR count). The van der Waals surface area contributed by atoms with Crippen LogP contribution >= 0.6 is 0 Å². The van der Waals surface area contributed by atoms with E-state index in [2.05, 4.69) is 5.10 Å². The number of nitrogens with zero attached hydrogens (tertiary/aromatic N) is 1. The minimum absolute atomic E-state index is 0.449. The highest BCUT2D eigenvalue weighted by atomic mass is 16.1. The summed E-state index contributed by atoms with van der Waals surface area (Å²) >= 11 is 0. The maximum atomic E-state index is 10.2. The molecule has 0 fully saturated rings. The Kier molecular flexibility index (Phi) is 1.99. The van der Waals surface area contributed by atoms with Gasteiger partial charge in [-0.15, -0.1) is 0 Å². The fraction of sp³-hybridized carbons (Fsp3) is 0.143. The topological polar surface area (TPSA) is 55.4 Å². The summed E-state index contributed by atoms with van der Waals surface area (Å²) in [5, 5.41) is 3.43. The van der Waals surface area contributed by atoms with Crippen molar-refractivity contribution in [3.05, 3.63) is 23.8 Å². The van der Waals surface area contributed by atoms with Gasteiger partial charge in [0.15, 0.2) is 0 Å². The van der Waals surface area contributed by atoms with E-state index >= 15 is 0 Å². The first-order chi connectivity index (χ1) is 4.88. The van der Waals surface area contributed by atoms with E-state index in [0.29, 0.717) is 17.7 Å². The molecule has 0 atom stereocenters. The molecule has 0 saturated heterocycles. The molecule has 0 spiro atoms. The molecule has 0 heterocycles. The van der Waals surface area contributed by atoms with E-state index in [1.54, 1.807) is 18.4 Å². The zero-order valence-electron chi connectivity index (χ0n) is 5.37. The van der Waals surface area contributed by atoms with Crippen LogP contribution in [0.1, 0.15) is 6.42 Å². The molecule has 0 amide bonds. The van der Waals surface area contributed by atoms with Gasteiger partial charge >= 0.3 is 0 Å². The van der Waals surface area contributed by atoms with Crippen LogP contribution < -0.4 is 5.84 Å². The third-order valence-corrected chi connectivity index (χ3v) is 1.29. The number of nitrogens with two attached hydrogens (primary N) is 1. The molecule has 1 radical (unpaired) electrons. The van der Waals surface area contributed by atoms with Crippen LogP contribution in [-0.4, -0.2) is 12.0 Å². The third-order valence-electron chi connectivity index (χ3n) is 1.29. The van der Waals surface area contributed by atoms with Gasteiger partial charge in [0.2, 0.25) is 6.29 Å². The van der Waals surface area contributed by atoms with Gasteiger partial charge in [0, 0.05) is 12.0 Å². The second-order valence-electron chi connectivity index (χ2n) is 1.89. The predicted molar refractivity (Wildman–Crippen MR) is 39.2 cm³/mol. The number of allylic oxidation sites excluding steroid dienone is 4. The highest BCUT2D eigenvalue weighted by Gasteiger charge is 2.06. The molecular formula is C7H7N2O. The molecule has 3 heteroatoms. The van der Waals surface area contributed by atoms with E-state index in [9.17, 15) is 4.79 Å². The lowest BCUT2D eigenvalue weighted by molar-refractivity contribution is 0.563. The Morgan fingerprint density at radius 2 is 2.50 bits per heavy atom. The van der Waals surface area contributed by atoms with Crippen LogP contribution in [0.25, 0.3) is 0 Å². The average Bonchev–Trinajstić information content (AvgIpc) is 2.04. The standard InChI is InChI=1S/C7H7N2O/c8-9-7-4-2-1-3-6(7)5-10/h1-3H,4,8H2. The zero-order valence-corrected chi connectivity index (χ0v) is 5.37. The van der Waals surface area contributed by atoms with Gasteiger partial charge in [-0.3, -0.25) is 4.79 Å². The van der Waals surface area contributed by atoms with E-state index in [-0.39, 0.29) is 0 Å². The Balaban J connectivity index is 2.91. The summed E-state index contributed by atoms with van der Waals surface area (Å²) < 4.78 is 0. The third kappa shape index (κ3) is 1.13. The van der Waals surface area contributed by atoms with Crippen molar-refractivity contribution in [2.75, 3.05) is 0 Å². The minimum Gasteiger partial charge on any atom is -0.323 e. The summed E-state index contributed by atoms with van der Waals surface area (Å²) in [7, 11) is 0. The molecule has 0 bridgehead atoms. The molecule has 0 aromatic heterocycles. The molecule has 0 aromatic rings. The molecule has 51 valence electrons. The van der Waals surface area contributed by atoms with E-state index in [1.165, 1.54) is 0 Å². The second kappa shape index (κ2) is 2.96. The molecule has 1 aliphatic rings. The van der Waals surface area contributed by atoms with E-state index in [4.69, 9.17) is 5.84 Å². The molecule has 10 heavy (non-hydrogen) atoms. The van der Waals surface area contributed by atoms with Gasteiger partial charge in [0.05, 0.1) is 5.71 Å². The summed E-state index contributed by atoms with van der Waals surface area (Å²) in [6.07, 6.45) is 7.69. The molecule has 3 nitrogen and oxygen atoms in total. The quantitative estimate of drug-likeness (QED) is 0.415. The van der Waals surface area contributed by atoms with Crippen LogP contribution in [0.5, 0.6) is 0 Å². The van der Waals surface area contributed by atoms with Crippen molar-refractivity contribution in [1.82, 2.24) is 0 Å². The monoisotopic (exact) mass is 135 g/mol. The lowest BCUT2D eigenvalue weighted by Gasteiger charge is -2.02. The molecular weight excluding hydrogens is 128 g/mol. The zero-order chi connectivity index (χ0) is 7.40. The summed E-state index contributed by atoms with van der Waals surface area (Å²) in [5.41, 5.74) is 1.04. The number of hydrogen-bond acceptors (Lipinski definition) is 3. The highest BCUT2D eigenvalue weighted by Crippen LogP contribution is 2.05. The summed E-state index contributed by atoms with van der Waals surface area (Å²) in [5.74, 6) is 5.00. The number of carbonyl (C=O) groups excluding carboxylic acids is 1. The largest absolute Gasteiger partial charge is 0.323 e. The van der Waals surface area contributed by atoms with Gasteiger partial charge in [0.1, 0.15) is 0 Å². The van der Waals surface area contributed by atoms with E-state index in [1.807, 2.05) is 6.08 Å². The Morgan fingerprint density at radius 3 is 3.00 bits per heavy atom. The maximum absolute atomic E-state index is 10.2. The molecule has 2 N–H and O–H groups in total. The van der Waals surface area contributed by atoms with Crippen molar-refractivity contribution < 1.29 is 4.79 Å². The summed E-state index contributed by atoms with van der Waals surface area (Å²) in [6, 6.07) is 0. The van der Waals surface area contributed by atoms with Crippen LogP contribution in [0.3, 0.4) is 0 Å². The van der Waals surface area contributed by atoms with Gasteiger partial charge in [-0.25, -0.2) is 0 Å². The van der Waals surface area contributed by atoms with Gasteiger partial charge in [-0.05, 0) is 6.08 Å². The normalized spacial score (nSPS) is 20.8. The first kappa shape index (κ1) is 6.74. The van der Waals surface area contributed by atoms with Crippen molar-refractivity contribution in [3.63, 3.8) is 0 Å². The second-order valence-corrected chi connectivity index (χ2v) is 1.89. The van der Waals surface area contributed by atoms with Gasteiger partial charge < -0.3 is 5.84 Å². The number of hydrogen-bond donors (Lipinski definition) is 1. The lowest BCUT2D eigenvalue weighted by atomic mass is 10.0. The smallest absolute Gasteiger partial charge is 0.235 e. The highest BCUT2D eigenvalue weighted by molar-refractivity contribution is 6.16. The fourth-order valence-corrected chi connectivity index (χ4v) is 0.765. The average molecular weight is 135 g/mol. The first-order valence-electron chi connectivity index (χ1n) is 2.90. The van der Waals surface area contributed by atoms with Crippen molar-refractivity contribution >= 4 is 12.0 Å². The van der Waals surface area contributed by atoms with Crippen molar-refractivity contribution in [1.29, 1.82) is 0 Å². The van der Waals surface area contributed by atoms with Crippen LogP contribution in [0.15, 0.2) is 28.9 Å². The first-order valence-corrected chi connectivity index (χ1v) is 2.90. The number of rotatable bonds is 1. The van der Waals surface area contributed by atoms with Crippen molar-refractivity contribution in [2.45, 2.75) is 6.42 Å². The molecule has 0 saturated carbocycles. The summed E-state index contributed by atoms with van der Waals surface area (Å²) in [6.45, 7) is 0. The van der Waals surface area contributed by atoms with Crippen LogP contribution in [0.4, 0.5) is 0 Å². The van der Waals surface area contributed by atoms with Crippen molar-refractivity contribution in [3.8, 4) is 0 Å². The minimum atomic E-state index is 0.449. The van der Waals surface area contributed by atoms with E-state index < -0.39 is 0 Å². The molecule has 0 aromatic carbocycles. The molecule has 0 unspecified atom stereocenters. The number of hydrazone groups is 1. The SMILES string of the molecule is NN=C1CC=CC=C1[C]=O. The lowest BCUT2D eigenvalue weighted by Crippen LogP contribution is -2.08. The Morgan fingerprint density at radius 1 is 1.70 bits per heavy atom. The van der Waals surface area contributed by atoms with E-state index in [0.717, 1.165) is 0 Å². The van der Waals surface area contributed by atoms with Gasteiger partial charge in [-0.1, -0.05) is 12.2 Å². The van der Waals surface area contributed by atoms with Gasteiger partial charge in [0.25, 0.3) is 0 Å². The Bertz CT molecular complexity index is 226. The van der Waals surface area contributed by atoms with Crippen molar-refractivity contribution in [2.24, 2.45) is 10.9 Å².